The Labute approximate surface area is 246 Å². The Morgan fingerprint density at radius 3 is 2.29 bits per heavy atom. The largest absolute Gasteiger partial charge is 0.338 e. The predicted octanol–water partition coefficient (Wildman–Crippen LogP) is 10.3. The van der Waals surface area contributed by atoms with E-state index in [0.717, 1.165) is 25.7 Å². The van der Waals surface area contributed by atoms with Gasteiger partial charge >= 0.3 is 0 Å². The molecule has 3 aromatic carbocycles. The van der Waals surface area contributed by atoms with Gasteiger partial charge in [0.25, 0.3) is 0 Å². The number of anilines is 3. The molecular weight excluding hydrogens is 496 g/mol. The Morgan fingerprint density at radius 2 is 1.54 bits per heavy atom. The maximum Gasteiger partial charge on any atom is 0.0553 e. The maximum atomic E-state index is 2.55. The molecule has 0 saturated carbocycles. The third kappa shape index (κ3) is 6.23. The van der Waals surface area contributed by atoms with Crippen LogP contribution in [0.2, 0.25) is 0 Å². The second-order valence-corrected chi connectivity index (χ2v) is 11.4. The van der Waals surface area contributed by atoms with E-state index < -0.39 is 0 Å². The van der Waals surface area contributed by atoms with Gasteiger partial charge < -0.3 is 9.80 Å². The molecule has 3 aromatic rings. The van der Waals surface area contributed by atoms with Gasteiger partial charge in [-0.15, -0.1) is 0 Å². The number of hydrogen-bond acceptors (Lipinski definition) is 2. The molecule has 3 aliphatic carbocycles. The van der Waals surface area contributed by atoms with Crippen LogP contribution in [0, 0.1) is 12.8 Å². The van der Waals surface area contributed by atoms with Crippen LogP contribution in [-0.4, -0.2) is 6.04 Å². The predicted molar refractivity (Wildman–Crippen MR) is 176 cm³/mol. The first-order valence-corrected chi connectivity index (χ1v) is 15.1. The number of rotatable bonds is 7. The molecule has 0 fully saturated rings. The van der Waals surface area contributed by atoms with Crippen LogP contribution in [0.15, 0.2) is 151 Å². The lowest BCUT2D eigenvalue weighted by Gasteiger charge is -2.34. The van der Waals surface area contributed by atoms with E-state index in [0.29, 0.717) is 5.92 Å². The number of aryl methyl sites for hydroxylation is 1. The van der Waals surface area contributed by atoms with E-state index >= 15 is 0 Å². The normalized spacial score (nSPS) is 21.7. The number of para-hydroxylation sites is 1. The van der Waals surface area contributed by atoms with Crippen molar-refractivity contribution in [3.8, 4) is 0 Å². The summed E-state index contributed by atoms with van der Waals surface area (Å²) < 4.78 is 0. The molecule has 2 nitrogen and oxygen atoms in total. The van der Waals surface area contributed by atoms with E-state index in [9.17, 15) is 0 Å². The van der Waals surface area contributed by atoms with Gasteiger partial charge in [-0.05, 0) is 98.2 Å². The summed E-state index contributed by atoms with van der Waals surface area (Å²) in [4.78, 5) is 4.92. The zero-order valence-corrected chi connectivity index (χ0v) is 24.2. The molecule has 0 N–H and O–H groups in total. The zero-order valence-electron chi connectivity index (χ0n) is 24.2. The minimum absolute atomic E-state index is 0.257. The summed E-state index contributed by atoms with van der Waals surface area (Å²) in [5.41, 5.74) is 8.90. The molecule has 0 bridgehead atoms. The highest BCUT2D eigenvalue weighted by atomic mass is 15.2. The molecule has 3 unspecified atom stereocenters. The summed E-state index contributed by atoms with van der Waals surface area (Å²) in [6, 6.07) is 29.1. The molecule has 0 spiro atoms. The Kier molecular flexibility index (Phi) is 8.18. The molecule has 206 valence electrons. The van der Waals surface area contributed by atoms with Crippen molar-refractivity contribution in [3.63, 3.8) is 0 Å². The number of allylic oxidation sites excluding steroid dienone is 9. The highest BCUT2D eigenvalue weighted by Crippen LogP contribution is 2.35. The average Bonchev–Trinajstić information content (AvgIpc) is 3.25. The Morgan fingerprint density at radius 1 is 0.732 bits per heavy atom. The number of benzene rings is 3. The number of hydrogen-bond donors (Lipinski definition) is 0. The smallest absolute Gasteiger partial charge is 0.0553 e. The van der Waals surface area contributed by atoms with Gasteiger partial charge in [-0.3, -0.25) is 0 Å². The van der Waals surface area contributed by atoms with Crippen LogP contribution in [-0.2, 0) is 0 Å². The van der Waals surface area contributed by atoms with Crippen molar-refractivity contribution < 1.29 is 0 Å². The van der Waals surface area contributed by atoms with Gasteiger partial charge in [0, 0.05) is 34.4 Å². The Balaban J connectivity index is 1.27. The van der Waals surface area contributed by atoms with Crippen molar-refractivity contribution in [1.29, 1.82) is 0 Å². The number of nitrogens with zero attached hydrogens (tertiary/aromatic N) is 2. The minimum Gasteiger partial charge on any atom is -0.338 e. The van der Waals surface area contributed by atoms with Gasteiger partial charge in [0.05, 0.1) is 6.04 Å². The van der Waals surface area contributed by atoms with Crippen molar-refractivity contribution in [1.82, 2.24) is 0 Å². The molecular formula is C39H40N2. The third-order valence-electron chi connectivity index (χ3n) is 8.23. The quantitative estimate of drug-likeness (QED) is 0.277. The van der Waals surface area contributed by atoms with Gasteiger partial charge in [-0.1, -0.05) is 98.0 Å². The SMILES string of the molecule is Cc1cccc(N(C2=CC=CCC2)C2C=CC(c3ccc(N(C4=CC(C)CC=C4)c4ccccc4)cc3)C=CC2)c1. The first-order chi connectivity index (χ1) is 20.2. The van der Waals surface area contributed by atoms with E-state index in [2.05, 4.69) is 163 Å². The third-order valence-corrected chi connectivity index (χ3v) is 8.23. The average molecular weight is 537 g/mol. The molecule has 41 heavy (non-hydrogen) atoms. The lowest BCUT2D eigenvalue weighted by atomic mass is 9.97. The van der Waals surface area contributed by atoms with Gasteiger partial charge in [0.2, 0.25) is 0 Å². The van der Waals surface area contributed by atoms with Crippen LogP contribution >= 0.6 is 0 Å². The second kappa shape index (κ2) is 12.5. The van der Waals surface area contributed by atoms with Crippen molar-refractivity contribution >= 4 is 17.1 Å². The van der Waals surface area contributed by atoms with E-state index in [-0.39, 0.29) is 12.0 Å². The van der Waals surface area contributed by atoms with Gasteiger partial charge in [-0.25, -0.2) is 0 Å². The molecule has 0 aliphatic heterocycles. The molecule has 2 heteroatoms. The fraction of sp³-hybridized carbons (Fsp3) is 0.231. The monoisotopic (exact) mass is 536 g/mol. The van der Waals surface area contributed by atoms with Crippen molar-refractivity contribution in [2.75, 3.05) is 9.80 Å². The summed E-state index contributed by atoms with van der Waals surface area (Å²) in [7, 11) is 0. The second-order valence-electron chi connectivity index (χ2n) is 11.4. The van der Waals surface area contributed by atoms with E-state index in [4.69, 9.17) is 0 Å². The highest BCUT2D eigenvalue weighted by molar-refractivity contribution is 5.70. The fourth-order valence-electron chi connectivity index (χ4n) is 6.15. The van der Waals surface area contributed by atoms with Crippen molar-refractivity contribution in [3.05, 3.63) is 162 Å². The summed E-state index contributed by atoms with van der Waals surface area (Å²) in [6.45, 7) is 4.47. The standard InChI is InChI=1S/C39H40N2/c1-30-12-9-20-38(28-30)40(34-15-5-3-6-16-34)36-19-11-14-32(22-25-36)33-23-26-37(27-24-33)41(35-17-7-4-8-18-35)39-21-10-13-31(2)29-39/h3-5,7-12,14-15,17-18,20-29,31-32,36H,6,13,16,19H2,1-2H3. The van der Waals surface area contributed by atoms with Crippen LogP contribution in [0.25, 0.3) is 0 Å². The molecule has 3 aliphatic rings. The van der Waals surface area contributed by atoms with Gasteiger partial charge in [0.15, 0.2) is 0 Å². The van der Waals surface area contributed by atoms with E-state index in [1.165, 1.54) is 39.6 Å². The van der Waals surface area contributed by atoms with Crippen LogP contribution < -0.4 is 9.80 Å². The zero-order chi connectivity index (χ0) is 28.0. The molecule has 0 aromatic heterocycles. The van der Waals surface area contributed by atoms with Gasteiger partial charge in [-0.2, -0.15) is 0 Å². The highest BCUT2D eigenvalue weighted by Gasteiger charge is 2.23. The fourth-order valence-corrected chi connectivity index (χ4v) is 6.15. The minimum atomic E-state index is 0.257. The summed E-state index contributed by atoms with van der Waals surface area (Å²) in [5.74, 6) is 0.794. The van der Waals surface area contributed by atoms with E-state index in [1.807, 2.05) is 0 Å². The molecule has 3 atom stereocenters. The molecule has 0 radical (unpaired) electrons. The first-order valence-electron chi connectivity index (χ1n) is 15.1. The maximum absolute atomic E-state index is 2.55. The Hall–Kier alpha value is -4.30. The molecule has 6 rings (SSSR count). The summed E-state index contributed by atoms with van der Waals surface area (Å²) in [5, 5.41) is 0. The topological polar surface area (TPSA) is 6.48 Å². The Bertz CT molecular complexity index is 1520. The molecule has 0 heterocycles. The van der Waals surface area contributed by atoms with Crippen LogP contribution in [0.1, 0.15) is 49.7 Å². The first kappa shape index (κ1) is 26.9. The summed E-state index contributed by atoms with van der Waals surface area (Å²) in [6.07, 6.45) is 27.5. The van der Waals surface area contributed by atoms with Crippen LogP contribution in [0.5, 0.6) is 0 Å². The van der Waals surface area contributed by atoms with Crippen LogP contribution in [0.4, 0.5) is 17.1 Å². The summed E-state index contributed by atoms with van der Waals surface area (Å²) >= 11 is 0. The van der Waals surface area contributed by atoms with Crippen LogP contribution in [0.3, 0.4) is 0 Å². The van der Waals surface area contributed by atoms with Gasteiger partial charge in [0.1, 0.15) is 0 Å². The lowest BCUT2D eigenvalue weighted by Crippen LogP contribution is -2.33. The molecule has 0 amide bonds. The molecule has 0 saturated heterocycles. The lowest BCUT2D eigenvalue weighted by molar-refractivity contribution is 0.726. The van der Waals surface area contributed by atoms with Crippen molar-refractivity contribution in [2.45, 2.75) is 51.5 Å². The van der Waals surface area contributed by atoms with Crippen molar-refractivity contribution in [2.24, 2.45) is 5.92 Å². The van der Waals surface area contributed by atoms with E-state index in [1.54, 1.807) is 0 Å².